The first-order valence-corrected chi connectivity index (χ1v) is 7.30. The van der Waals surface area contributed by atoms with E-state index in [1.54, 1.807) is 24.3 Å². The smallest absolute Gasteiger partial charge is 0.307 e. The molecule has 0 aliphatic heterocycles. The molecule has 0 saturated heterocycles. The van der Waals surface area contributed by atoms with E-state index in [1.807, 2.05) is 0 Å². The lowest BCUT2D eigenvalue weighted by Crippen LogP contribution is -2.22. The molecule has 0 fully saturated rings. The van der Waals surface area contributed by atoms with Crippen LogP contribution >= 0.6 is 0 Å². The molecule has 3 aromatic rings. The lowest BCUT2D eigenvalue weighted by molar-refractivity contribution is -0.136. The van der Waals surface area contributed by atoms with Gasteiger partial charge >= 0.3 is 5.97 Å². The van der Waals surface area contributed by atoms with E-state index >= 15 is 0 Å². The number of hydrogen-bond acceptors (Lipinski definition) is 4. The predicted octanol–water partition coefficient (Wildman–Crippen LogP) is 2.10. The maximum absolute atomic E-state index is 13.8. The summed E-state index contributed by atoms with van der Waals surface area (Å²) >= 11 is 0. The Morgan fingerprint density at radius 2 is 1.84 bits per heavy atom. The maximum Gasteiger partial charge on any atom is 0.307 e. The number of aromatic nitrogens is 3. The van der Waals surface area contributed by atoms with Crippen molar-refractivity contribution in [1.29, 1.82) is 0 Å². The predicted molar refractivity (Wildman–Crippen MR) is 86.9 cm³/mol. The highest BCUT2D eigenvalue weighted by atomic mass is 19.1. The van der Waals surface area contributed by atoms with E-state index in [-0.39, 0.29) is 5.56 Å². The first kappa shape index (κ1) is 16.3. The summed E-state index contributed by atoms with van der Waals surface area (Å²) in [6.07, 6.45) is 2.24. The summed E-state index contributed by atoms with van der Waals surface area (Å²) in [5.74, 6) is -2.13. The van der Waals surface area contributed by atoms with E-state index < -0.39 is 24.1 Å². The standard InChI is InChI=1S/C17H13FN4O3/c18-15-6-5-11(7-12(15)8-16(23)24)13-3-1-2-4-14(13)17(25)21-22-9-19-20-10-22/h1-7,9-10H,8H2,(H,21,25)(H,23,24). The van der Waals surface area contributed by atoms with Crippen LogP contribution in [0.15, 0.2) is 55.1 Å². The van der Waals surface area contributed by atoms with Crippen molar-refractivity contribution in [3.05, 3.63) is 72.1 Å². The Kier molecular flexibility index (Phi) is 4.51. The Morgan fingerprint density at radius 3 is 2.56 bits per heavy atom. The van der Waals surface area contributed by atoms with Crippen LogP contribution in [0.1, 0.15) is 15.9 Å². The van der Waals surface area contributed by atoms with Gasteiger partial charge in [0.25, 0.3) is 5.91 Å². The Bertz CT molecular complexity index is 925. The fourth-order valence-corrected chi connectivity index (χ4v) is 2.41. The number of halogens is 1. The molecule has 25 heavy (non-hydrogen) atoms. The van der Waals surface area contributed by atoms with Gasteiger partial charge in [-0.25, -0.2) is 9.07 Å². The van der Waals surface area contributed by atoms with E-state index in [0.717, 1.165) is 0 Å². The Labute approximate surface area is 141 Å². The third-order valence-corrected chi connectivity index (χ3v) is 3.52. The molecule has 0 unspecified atom stereocenters. The van der Waals surface area contributed by atoms with Crippen LogP contribution in [-0.4, -0.2) is 31.9 Å². The molecule has 1 aromatic heterocycles. The number of nitrogens with zero attached hydrogens (tertiary/aromatic N) is 3. The van der Waals surface area contributed by atoms with Gasteiger partial charge in [-0.15, -0.1) is 10.2 Å². The zero-order valence-electron chi connectivity index (χ0n) is 12.9. The molecule has 1 heterocycles. The minimum absolute atomic E-state index is 0.0546. The zero-order chi connectivity index (χ0) is 17.8. The third-order valence-electron chi connectivity index (χ3n) is 3.52. The van der Waals surface area contributed by atoms with Gasteiger partial charge < -0.3 is 5.11 Å². The van der Waals surface area contributed by atoms with Crippen LogP contribution in [-0.2, 0) is 11.2 Å². The number of carboxylic acid groups (broad SMARTS) is 1. The van der Waals surface area contributed by atoms with Crippen molar-refractivity contribution in [3.63, 3.8) is 0 Å². The summed E-state index contributed by atoms with van der Waals surface area (Å²) in [5.41, 5.74) is 4.10. The Morgan fingerprint density at radius 1 is 1.12 bits per heavy atom. The lowest BCUT2D eigenvalue weighted by atomic mass is 9.96. The Balaban J connectivity index is 1.98. The van der Waals surface area contributed by atoms with E-state index in [9.17, 15) is 14.0 Å². The van der Waals surface area contributed by atoms with Gasteiger partial charge in [0.05, 0.1) is 6.42 Å². The number of carboxylic acids is 1. The van der Waals surface area contributed by atoms with Crippen molar-refractivity contribution < 1.29 is 19.1 Å². The number of carbonyl (C=O) groups is 2. The van der Waals surface area contributed by atoms with Crippen LogP contribution in [0.5, 0.6) is 0 Å². The topological polar surface area (TPSA) is 97.1 Å². The van der Waals surface area contributed by atoms with Crippen molar-refractivity contribution in [2.45, 2.75) is 6.42 Å². The first-order chi connectivity index (χ1) is 12.0. The zero-order valence-corrected chi connectivity index (χ0v) is 12.9. The van der Waals surface area contributed by atoms with Crippen LogP contribution < -0.4 is 5.43 Å². The number of aliphatic carboxylic acids is 1. The molecule has 0 spiro atoms. The quantitative estimate of drug-likeness (QED) is 0.741. The molecule has 7 nitrogen and oxygen atoms in total. The average molecular weight is 340 g/mol. The van der Waals surface area contributed by atoms with Crippen molar-refractivity contribution in [3.8, 4) is 11.1 Å². The van der Waals surface area contributed by atoms with Gasteiger partial charge in [-0.2, -0.15) is 0 Å². The summed E-state index contributed by atoms with van der Waals surface area (Å²) in [7, 11) is 0. The highest BCUT2D eigenvalue weighted by Gasteiger charge is 2.15. The normalized spacial score (nSPS) is 10.4. The molecule has 126 valence electrons. The molecule has 3 rings (SSSR count). The van der Waals surface area contributed by atoms with Gasteiger partial charge in [0.2, 0.25) is 0 Å². The largest absolute Gasteiger partial charge is 0.481 e. The number of nitrogens with one attached hydrogen (secondary N) is 1. The van der Waals surface area contributed by atoms with E-state index in [4.69, 9.17) is 5.11 Å². The molecular formula is C17H13FN4O3. The highest BCUT2D eigenvalue weighted by Crippen LogP contribution is 2.26. The van der Waals surface area contributed by atoms with Crippen LogP contribution in [0.2, 0.25) is 0 Å². The molecular weight excluding hydrogens is 327 g/mol. The van der Waals surface area contributed by atoms with Gasteiger partial charge in [-0.05, 0) is 34.9 Å². The van der Waals surface area contributed by atoms with Gasteiger partial charge in [0, 0.05) is 5.56 Å². The average Bonchev–Trinajstić information content (AvgIpc) is 3.09. The summed E-state index contributed by atoms with van der Waals surface area (Å²) in [6, 6.07) is 10.9. The third kappa shape index (κ3) is 3.69. The first-order valence-electron chi connectivity index (χ1n) is 7.30. The van der Waals surface area contributed by atoms with Crippen molar-refractivity contribution in [1.82, 2.24) is 14.9 Å². The molecule has 0 radical (unpaired) electrons. The monoisotopic (exact) mass is 340 g/mol. The second kappa shape index (κ2) is 6.91. The Hall–Kier alpha value is -3.55. The molecule has 0 atom stereocenters. The molecule has 0 bridgehead atoms. The van der Waals surface area contributed by atoms with E-state index in [2.05, 4.69) is 15.6 Å². The van der Waals surface area contributed by atoms with E-state index in [1.165, 1.54) is 35.5 Å². The molecule has 2 aromatic carbocycles. The minimum Gasteiger partial charge on any atom is -0.481 e. The molecule has 0 aliphatic carbocycles. The summed E-state index contributed by atoms with van der Waals surface area (Å²) in [6.45, 7) is 0. The minimum atomic E-state index is -1.13. The van der Waals surface area contributed by atoms with Gasteiger partial charge in [0.1, 0.15) is 18.5 Å². The number of benzene rings is 2. The molecule has 1 amide bonds. The lowest BCUT2D eigenvalue weighted by Gasteiger charge is -2.11. The van der Waals surface area contributed by atoms with Crippen LogP contribution in [0.4, 0.5) is 4.39 Å². The highest BCUT2D eigenvalue weighted by molar-refractivity contribution is 6.05. The van der Waals surface area contributed by atoms with Gasteiger partial charge in [-0.3, -0.25) is 15.0 Å². The second-order valence-electron chi connectivity index (χ2n) is 5.23. The fourth-order valence-electron chi connectivity index (χ4n) is 2.41. The number of carbonyl (C=O) groups excluding carboxylic acids is 1. The summed E-state index contributed by atoms with van der Waals surface area (Å²) < 4.78 is 15.1. The fraction of sp³-hybridized carbons (Fsp3) is 0.0588. The van der Waals surface area contributed by atoms with Crippen LogP contribution in [0.25, 0.3) is 11.1 Å². The maximum atomic E-state index is 13.8. The summed E-state index contributed by atoms with van der Waals surface area (Å²) in [4.78, 5) is 23.4. The molecule has 0 aliphatic rings. The van der Waals surface area contributed by atoms with E-state index in [0.29, 0.717) is 16.7 Å². The number of amides is 1. The molecule has 0 saturated carbocycles. The number of hydrogen-bond donors (Lipinski definition) is 2. The molecule has 2 N–H and O–H groups in total. The second-order valence-corrected chi connectivity index (χ2v) is 5.23. The van der Waals surface area contributed by atoms with Crippen molar-refractivity contribution >= 4 is 11.9 Å². The number of rotatable bonds is 5. The van der Waals surface area contributed by atoms with Crippen molar-refractivity contribution in [2.75, 3.05) is 5.43 Å². The summed E-state index contributed by atoms with van der Waals surface area (Å²) in [5, 5.41) is 16.1. The molecule has 8 heteroatoms. The van der Waals surface area contributed by atoms with Gasteiger partial charge in [-0.1, -0.05) is 24.3 Å². The van der Waals surface area contributed by atoms with Crippen molar-refractivity contribution in [2.24, 2.45) is 0 Å². The van der Waals surface area contributed by atoms with Crippen LogP contribution in [0.3, 0.4) is 0 Å². The van der Waals surface area contributed by atoms with Gasteiger partial charge in [0.15, 0.2) is 0 Å². The SMILES string of the molecule is O=C(O)Cc1cc(-c2ccccc2C(=O)Nn2cnnc2)ccc1F. The van der Waals surface area contributed by atoms with Crippen LogP contribution in [0, 0.1) is 5.82 Å².